The number of aromatic hydroxyl groups is 1. The molecule has 4 nitrogen and oxygen atoms in total. The predicted molar refractivity (Wildman–Crippen MR) is 101 cm³/mol. The number of esters is 1. The minimum Gasteiger partial charge on any atom is -0.508 e. The number of hydrogen-bond donors (Lipinski definition) is 1. The van der Waals surface area contributed by atoms with Crippen LogP contribution in [0, 0.1) is 11.3 Å². The first-order valence-corrected chi connectivity index (χ1v) is 9.56. The summed E-state index contributed by atoms with van der Waals surface area (Å²) in [5.74, 6) is 0.356. The van der Waals surface area contributed by atoms with E-state index in [9.17, 15) is 14.7 Å². The molecule has 1 saturated carbocycles. The van der Waals surface area contributed by atoms with Gasteiger partial charge in [0.15, 0.2) is 5.78 Å². The highest BCUT2D eigenvalue weighted by Crippen LogP contribution is 2.58. The molecule has 0 aliphatic heterocycles. The predicted octanol–water partition coefficient (Wildman–Crippen LogP) is 4.73. The van der Waals surface area contributed by atoms with Gasteiger partial charge in [0, 0.05) is 24.3 Å². The lowest BCUT2D eigenvalue weighted by molar-refractivity contribution is -0.163. The van der Waals surface area contributed by atoms with Gasteiger partial charge in [0.2, 0.25) is 0 Å². The van der Waals surface area contributed by atoms with E-state index in [1.165, 1.54) is 6.92 Å². The highest BCUT2D eigenvalue weighted by Gasteiger charge is 2.56. The van der Waals surface area contributed by atoms with Crippen LogP contribution in [0.1, 0.15) is 88.2 Å². The van der Waals surface area contributed by atoms with E-state index >= 15 is 0 Å². The number of rotatable bonds is 2. The summed E-state index contributed by atoms with van der Waals surface area (Å²) in [6, 6.07) is 3.71. The van der Waals surface area contributed by atoms with Crippen molar-refractivity contribution in [3.8, 4) is 5.75 Å². The van der Waals surface area contributed by atoms with Crippen LogP contribution in [-0.2, 0) is 14.9 Å². The van der Waals surface area contributed by atoms with Crippen LogP contribution in [0.5, 0.6) is 5.75 Å². The molecule has 0 saturated heterocycles. The summed E-state index contributed by atoms with van der Waals surface area (Å²) in [5.41, 5.74) is 2.02. The standard InChI is InChI=1S/C22H30O4/c1-12(2)14-9-15-16(10-17(14)24)22(6)8-7-20(26-13(3)23)21(4,5)19(22)11-18(15)25/h9-10,12,19-20,24H,7-8,11H2,1-6H3/t19-,20-,22+/m0/s1. The summed E-state index contributed by atoms with van der Waals surface area (Å²) in [4.78, 5) is 24.5. The molecule has 0 bridgehead atoms. The van der Waals surface area contributed by atoms with Gasteiger partial charge in [0.05, 0.1) is 0 Å². The monoisotopic (exact) mass is 358 g/mol. The first-order chi connectivity index (χ1) is 12.0. The van der Waals surface area contributed by atoms with E-state index < -0.39 is 0 Å². The second-order valence-corrected chi connectivity index (χ2v) is 9.17. The number of carbonyl (C=O) groups excluding carboxylic acids is 2. The number of fused-ring (bicyclic) bond motifs is 3. The number of Topliss-reactive ketones (excluding diaryl/α,β-unsaturated/α-hetero) is 1. The Kier molecular flexibility index (Phi) is 4.45. The third kappa shape index (κ3) is 2.74. The van der Waals surface area contributed by atoms with E-state index in [2.05, 4.69) is 20.8 Å². The van der Waals surface area contributed by atoms with Crippen molar-refractivity contribution < 1.29 is 19.4 Å². The van der Waals surface area contributed by atoms with Crippen LogP contribution in [0.3, 0.4) is 0 Å². The summed E-state index contributed by atoms with van der Waals surface area (Å²) in [6.07, 6.45) is 1.87. The van der Waals surface area contributed by atoms with Crippen molar-refractivity contribution in [3.05, 3.63) is 28.8 Å². The van der Waals surface area contributed by atoms with E-state index in [1.54, 1.807) is 0 Å². The third-order valence-electron chi connectivity index (χ3n) is 6.83. The van der Waals surface area contributed by atoms with Crippen LogP contribution >= 0.6 is 0 Å². The lowest BCUT2D eigenvalue weighted by atomic mass is 9.49. The van der Waals surface area contributed by atoms with Gasteiger partial charge in [0.1, 0.15) is 11.9 Å². The smallest absolute Gasteiger partial charge is 0.302 e. The molecule has 0 spiro atoms. The normalized spacial score (nSPS) is 29.9. The van der Waals surface area contributed by atoms with Crippen molar-refractivity contribution in [2.45, 2.75) is 78.2 Å². The second-order valence-electron chi connectivity index (χ2n) is 9.17. The fraction of sp³-hybridized carbons (Fsp3) is 0.636. The lowest BCUT2D eigenvalue weighted by Gasteiger charge is -2.56. The molecule has 26 heavy (non-hydrogen) atoms. The number of phenolic OH excluding ortho intramolecular Hbond substituents is 1. The SMILES string of the molecule is CC(=O)O[C@H]1CC[C@]2(C)c3cc(O)c(C(C)C)cc3C(=O)C[C@H]2C1(C)C. The zero-order valence-corrected chi connectivity index (χ0v) is 16.7. The number of benzene rings is 1. The fourth-order valence-corrected chi connectivity index (χ4v) is 5.31. The van der Waals surface area contributed by atoms with Crippen LogP contribution in [0.25, 0.3) is 0 Å². The number of ketones is 1. The zero-order chi connectivity index (χ0) is 19.4. The number of ether oxygens (including phenoxy) is 1. The highest BCUT2D eigenvalue weighted by atomic mass is 16.5. The zero-order valence-electron chi connectivity index (χ0n) is 16.7. The number of phenols is 1. The van der Waals surface area contributed by atoms with Gasteiger partial charge in [0.25, 0.3) is 0 Å². The topological polar surface area (TPSA) is 63.6 Å². The Morgan fingerprint density at radius 2 is 1.92 bits per heavy atom. The van der Waals surface area contributed by atoms with E-state index in [4.69, 9.17) is 4.74 Å². The Morgan fingerprint density at radius 3 is 2.50 bits per heavy atom. The van der Waals surface area contributed by atoms with Crippen molar-refractivity contribution in [2.24, 2.45) is 11.3 Å². The third-order valence-corrected chi connectivity index (χ3v) is 6.83. The Morgan fingerprint density at radius 1 is 1.27 bits per heavy atom. The Labute approximate surface area is 155 Å². The van der Waals surface area contributed by atoms with Crippen molar-refractivity contribution in [3.63, 3.8) is 0 Å². The average Bonchev–Trinajstić information content (AvgIpc) is 2.52. The molecule has 0 radical (unpaired) electrons. The highest BCUT2D eigenvalue weighted by molar-refractivity contribution is 6.00. The summed E-state index contributed by atoms with van der Waals surface area (Å²) in [6.45, 7) is 11.9. The van der Waals surface area contributed by atoms with Gasteiger partial charge in [-0.05, 0) is 53.4 Å². The molecule has 0 aromatic heterocycles. The van der Waals surface area contributed by atoms with Gasteiger partial charge in [-0.3, -0.25) is 9.59 Å². The van der Waals surface area contributed by atoms with Crippen LogP contribution in [0.4, 0.5) is 0 Å². The van der Waals surface area contributed by atoms with Crippen molar-refractivity contribution >= 4 is 11.8 Å². The van der Waals surface area contributed by atoms with Crippen LogP contribution in [0.15, 0.2) is 12.1 Å². The van der Waals surface area contributed by atoms with Crippen LogP contribution in [0.2, 0.25) is 0 Å². The van der Waals surface area contributed by atoms with Crippen molar-refractivity contribution in [1.82, 2.24) is 0 Å². The largest absolute Gasteiger partial charge is 0.508 e. The summed E-state index contributed by atoms with van der Waals surface area (Å²) in [5, 5.41) is 10.5. The average molecular weight is 358 g/mol. The Balaban J connectivity index is 2.11. The van der Waals surface area contributed by atoms with Gasteiger partial charge < -0.3 is 9.84 Å². The summed E-state index contributed by atoms with van der Waals surface area (Å²) < 4.78 is 5.60. The number of carbonyl (C=O) groups is 2. The second kappa shape index (κ2) is 6.11. The van der Waals surface area contributed by atoms with E-state index in [-0.39, 0.29) is 46.3 Å². The molecule has 1 fully saturated rings. The van der Waals surface area contributed by atoms with Crippen molar-refractivity contribution in [1.29, 1.82) is 0 Å². The molecule has 3 atom stereocenters. The minimum atomic E-state index is -0.307. The molecule has 142 valence electrons. The molecule has 0 amide bonds. The fourth-order valence-electron chi connectivity index (χ4n) is 5.31. The molecular formula is C22H30O4. The Hall–Kier alpha value is -1.84. The Bertz CT molecular complexity index is 762. The molecule has 0 unspecified atom stereocenters. The summed E-state index contributed by atoms with van der Waals surface area (Å²) >= 11 is 0. The minimum absolute atomic E-state index is 0.0670. The van der Waals surface area contributed by atoms with E-state index in [1.807, 2.05) is 26.0 Å². The number of hydrogen-bond acceptors (Lipinski definition) is 4. The maximum Gasteiger partial charge on any atom is 0.302 e. The quantitative estimate of drug-likeness (QED) is 0.777. The van der Waals surface area contributed by atoms with Gasteiger partial charge in [-0.2, -0.15) is 0 Å². The lowest BCUT2D eigenvalue weighted by Crippen LogP contribution is -2.55. The van der Waals surface area contributed by atoms with Crippen LogP contribution in [-0.4, -0.2) is 23.0 Å². The van der Waals surface area contributed by atoms with Crippen molar-refractivity contribution in [2.75, 3.05) is 0 Å². The van der Waals surface area contributed by atoms with Gasteiger partial charge >= 0.3 is 5.97 Å². The molecule has 2 aliphatic carbocycles. The molecule has 4 heteroatoms. The molecule has 1 N–H and O–H groups in total. The molecule has 3 rings (SSSR count). The molecular weight excluding hydrogens is 328 g/mol. The molecule has 1 aromatic rings. The van der Waals surface area contributed by atoms with Gasteiger partial charge in [-0.15, -0.1) is 0 Å². The first kappa shape index (κ1) is 18.9. The summed E-state index contributed by atoms with van der Waals surface area (Å²) in [7, 11) is 0. The van der Waals surface area contributed by atoms with E-state index in [0.717, 1.165) is 29.5 Å². The van der Waals surface area contributed by atoms with Gasteiger partial charge in [-0.25, -0.2) is 0 Å². The maximum absolute atomic E-state index is 13.0. The first-order valence-electron chi connectivity index (χ1n) is 9.56. The maximum atomic E-state index is 13.0. The van der Waals surface area contributed by atoms with Gasteiger partial charge in [-0.1, -0.05) is 34.6 Å². The molecule has 1 aromatic carbocycles. The van der Waals surface area contributed by atoms with Crippen LogP contribution < -0.4 is 0 Å². The molecule has 2 aliphatic rings. The van der Waals surface area contributed by atoms with E-state index in [0.29, 0.717) is 6.42 Å². The molecule has 0 heterocycles.